The molecule has 0 saturated heterocycles. The number of anilines is 1. The number of rotatable bonds is 7. The molecule has 0 radical (unpaired) electrons. The quantitative estimate of drug-likeness (QED) is 0.311. The van der Waals surface area contributed by atoms with E-state index in [1.165, 1.54) is 25.2 Å². The van der Waals surface area contributed by atoms with Gasteiger partial charge in [0.1, 0.15) is 17.3 Å². The second-order valence-corrected chi connectivity index (χ2v) is 9.08. The van der Waals surface area contributed by atoms with Gasteiger partial charge in [-0.2, -0.15) is 0 Å². The number of hydrogen-bond donors (Lipinski definition) is 1. The van der Waals surface area contributed by atoms with Crippen molar-refractivity contribution in [1.82, 2.24) is 4.90 Å². The number of methoxy groups -OCH3 is 2. The minimum atomic E-state index is -0.945. The van der Waals surface area contributed by atoms with Crippen LogP contribution in [0.3, 0.4) is 0 Å². The molecule has 5 rings (SSSR count). The zero-order chi connectivity index (χ0) is 27.5. The first kappa shape index (κ1) is 25.8. The van der Waals surface area contributed by atoms with Crippen molar-refractivity contribution in [3.8, 4) is 23.0 Å². The normalized spacial score (nSPS) is 16.3. The van der Waals surface area contributed by atoms with Crippen LogP contribution in [0.4, 0.5) is 10.1 Å². The first-order valence-electron chi connectivity index (χ1n) is 12.3. The van der Waals surface area contributed by atoms with Crippen LogP contribution in [-0.4, -0.2) is 38.0 Å². The van der Waals surface area contributed by atoms with Gasteiger partial charge in [-0.3, -0.25) is 9.59 Å². The summed E-state index contributed by atoms with van der Waals surface area (Å²) in [5.74, 6) is -0.201. The lowest BCUT2D eigenvalue weighted by atomic mass is 9.79. The SMILES string of the molecule is COc1cc2c(cc1OC)C(C(=O)Nc1ccc(Oc3ccccc3)cc1)C(c1ccccc1F)N(C)C2=O. The van der Waals surface area contributed by atoms with Crippen molar-refractivity contribution < 1.29 is 28.2 Å². The molecule has 1 heterocycles. The van der Waals surface area contributed by atoms with E-state index >= 15 is 4.39 Å². The second-order valence-electron chi connectivity index (χ2n) is 9.08. The van der Waals surface area contributed by atoms with Crippen LogP contribution in [0.2, 0.25) is 0 Å². The molecular formula is C31H27FN2O5. The summed E-state index contributed by atoms with van der Waals surface area (Å²) in [6, 6.07) is 24.7. The molecule has 198 valence electrons. The fourth-order valence-electron chi connectivity index (χ4n) is 4.89. The summed E-state index contributed by atoms with van der Waals surface area (Å²) >= 11 is 0. The van der Waals surface area contributed by atoms with Gasteiger partial charge in [0, 0.05) is 23.9 Å². The molecule has 2 amide bonds. The number of benzene rings is 4. The second kappa shape index (κ2) is 10.9. The summed E-state index contributed by atoms with van der Waals surface area (Å²) in [5.41, 5.74) is 1.47. The van der Waals surface area contributed by atoms with Crippen LogP contribution in [0.25, 0.3) is 0 Å². The van der Waals surface area contributed by atoms with Gasteiger partial charge in [0.2, 0.25) is 5.91 Å². The Labute approximate surface area is 225 Å². The van der Waals surface area contributed by atoms with Crippen LogP contribution in [0, 0.1) is 5.82 Å². The van der Waals surface area contributed by atoms with Crippen molar-refractivity contribution in [2.45, 2.75) is 12.0 Å². The molecule has 0 aliphatic carbocycles. The number of ether oxygens (including phenoxy) is 3. The van der Waals surface area contributed by atoms with E-state index in [1.807, 2.05) is 30.3 Å². The standard InChI is InChI=1S/C31H27FN2O5/c1-34-29(22-11-7-8-12-25(22)32)28(23-17-26(37-2)27(38-3)18-24(23)31(34)36)30(35)33-19-13-15-21(16-14-19)39-20-9-5-4-6-10-20/h4-18,28-29H,1-3H3,(H,33,35). The Morgan fingerprint density at radius 1 is 0.821 bits per heavy atom. The monoisotopic (exact) mass is 526 g/mol. The van der Waals surface area contributed by atoms with E-state index in [0.717, 1.165) is 0 Å². The zero-order valence-corrected chi connectivity index (χ0v) is 21.7. The van der Waals surface area contributed by atoms with Crippen LogP contribution < -0.4 is 19.5 Å². The fraction of sp³-hybridized carbons (Fsp3) is 0.161. The molecule has 4 aromatic rings. The highest BCUT2D eigenvalue weighted by Crippen LogP contribution is 2.46. The fourth-order valence-corrected chi connectivity index (χ4v) is 4.89. The molecule has 0 bridgehead atoms. The molecule has 39 heavy (non-hydrogen) atoms. The highest BCUT2D eigenvalue weighted by Gasteiger charge is 2.44. The summed E-state index contributed by atoms with van der Waals surface area (Å²) in [4.78, 5) is 28.8. The summed E-state index contributed by atoms with van der Waals surface area (Å²) in [7, 11) is 4.51. The molecule has 2 unspecified atom stereocenters. The Morgan fingerprint density at radius 2 is 1.44 bits per heavy atom. The molecule has 1 aliphatic heterocycles. The summed E-state index contributed by atoms with van der Waals surface area (Å²) in [5, 5.41) is 2.94. The summed E-state index contributed by atoms with van der Waals surface area (Å²) < 4.78 is 31.8. The molecular weight excluding hydrogens is 499 g/mol. The van der Waals surface area contributed by atoms with E-state index in [0.29, 0.717) is 34.2 Å². The van der Waals surface area contributed by atoms with Gasteiger partial charge >= 0.3 is 0 Å². The third kappa shape index (κ3) is 5.01. The number of nitrogens with one attached hydrogen (secondary N) is 1. The Balaban J connectivity index is 1.53. The van der Waals surface area contributed by atoms with Crippen LogP contribution in [0.5, 0.6) is 23.0 Å². The topological polar surface area (TPSA) is 77.1 Å². The van der Waals surface area contributed by atoms with Crippen LogP contribution >= 0.6 is 0 Å². The molecule has 2 atom stereocenters. The van der Waals surface area contributed by atoms with Crippen LogP contribution in [-0.2, 0) is 4.79 Å². The first-order valence-corrected chi connectivity index (χ1v) is 12.3. The smallest absolute Gasteiger partial charge is 0.254 e. The maximum absolute atomic E-state index is 15.1. The van der Waals surface area contributed by atoms with Gasteiger partial charge in [0.05, 0.1) is 26.2 Å². The van der Waals surface area contributed by atoms with Crippen molar-refractivity contribution in [2.24, 2.45) is 0 Å². The van der Waals surface area contributed by atoms with Gasteiger partial charge < -0.3 is 24.4 Å². The van der Waals surface area contributed by atoms with Gasteiger partial charge in [0.15, 0.2) is 11.5 Å². The highest BCUT2D eigenvalue weighted by molar-refractivity contribution is 6.05. The minimum Gasteiger partial charge on any atom is -0.493 e. The lowest BCUT2D eigenvalue weighted by molar-refractivity contribution is -0.119. The molecule has 8 heteroatoms. The summed E-state index contributed by atoms with van der Waals surface area (Å²) in [6.07, 6.45) is 0. The van der Waals surface area contributed by atoms with E-state index in [4.69, 9.17) is 14.2 Å². The van der Waals surface area contributed by atoms with E-state index in [-0.39, 0.29) is 17.0 Å². The number of para-hydroxylation sites is 1. The predicted octanol–water partition coefficient (Wildman–Crippen LogP) is 6.18. The number of likely N-dealkylation sites (N-methyl/N-ethyl adjacent to an activating group) is 1. The number of fused-ring (bicyclic) bond motifs is 1. The van der Waals surface area contributed by atoms with Crippen molar-refractivity contribution in [3.63, 3.8) is 0 Å². The lowest BCUT2D eigenvalue weighted by Crippen LogP contribution is -2.44. The average molecular weight is 527 g/mol. The van der Waals surface area contributed by atoms with E-state index in [2.05, 4.69) is 5.32 Å². The molecule has 0 spiro atoms. The van der Waals surface area contributed by atoms with Gasteiger partial charge in [-0.15, -0.1) is 0 Å². The highest BCUT2D eigenvalue weighted by atomic mass is 19.1. The van der Waals surface area contributed by atoms with Crippen molar-refractivity contribution in [2.75, 3.05) is 26.6 Å². The van der Waals surface area contributed by atoms with Crippen molar-refractivity contribution >= 4 is 17.5 Å². The number of carbonyl (C=O) groups excluding carboxylic acids is 2. The maximum Gasteiger partial charge on any atom is 0.254 e. The third-order valence-corrected chi connectivity index (χ3v) is 6.78. The van der Waals surface area contributed by atoms with Crippen molar-refractivity contribution in [3.05, 3.63) is 114 Å². The number of carbonyl (C=O) groups is 2. The molecule has 4 aromatic carbocycles. The van der Waals surface area contributed by atoms with Gasteiger partial charge in [-0.05, 0) is 60.2 Å². The Morgan fingerprint density at radius 3 is 2.10 bits per heavy atom. The minimum absolute atomic E-state index is 0.237. The van der Waals surface area contributed by atoms with E-state index < -0.39 is 23.7 Å². The summed E-state index contributed by atoms with van der Waals surface area (Å²) in [6.45, 7) is 0. The number of halogens is 1. The molecule has 1 N–H and O–H groups in total. The predicted molar refractivity (Wildman–Crippen MR) is 145 cm³/mol. The molecule has 0 aromatic heterocycles. The van der Waals surface area contributed by atoms with Gasteiger partial charge in [0.25, 0.3) is 5.91 Å². The molecule has 0 saturated carbocycles. The van der Waals surface area contributed by atoms with E-state index in [9.17, 15) is 9.59 Å². The Kier molecular flexibility index (Phi) is 7.19. The number of hydrogen-bond acceptors (Lipinski definition) is 5. The Bertz CT molecular complexity index is 1510. The average Bonchev–Trinajstić information content (AvgIpc) is 2.96. The first-order chi connectivity index (χ1) is 18.9. The number of nitrogens with zero attached hydrogens (tertiary/aromatic N) is 1. The lowest BCUT2D eigenvalue weighted by Gasteiger charge is -2.40. The largest absolute Gasteiger partial charge is 0.493 e. The molecule has 7 nitrogen and oxygen atoms in total. The van der Waals surface area contributed by atoms with Crippen molar-refractivity contribution in [1.29, 1.82) is 0 Å². The zero-order valence-electron chi connectivity index (χ0n) is 21.7. The van der Waals surface area contributed by atoms with Crippen LogP contribution in [0.15, 0.2) is 91.0 Å². The van der Waals surface area contributed by atoms with Crippen LogP contribution in [0.1, 0.15) is 33.4 Å². The third-order valence-electron chi connectivity index (χ3n) is 6.78. The molecule has 0 fully saturated rings. The Hall–Kier alpha value is -4.85. The van der Waals surface area contributed by atoms with Gasteiger partial charge in [-0.25, -0.2) is 4.39 Å². The van der Waals surface area contributed by atoms with E-state index in [1.54, 1.807) is 61.6 Å². The number of amides is 2. The van der Waals surface area contributed by atoms with Gasteiger partial charge in [-0.1, -0.05) is 36.4 Å². The molecule has 1 aliphatic rings. The maximum atomic E-state index is 15.1.